The lowest BCUT2D eigenvalue weighted by Crippen LogP contribution is -2.14. The van der Waals surface area contributed by atoms with Crippen LogP contribution >= 0.6 is 0 Å². The zero-order valence-corrected chi connectivity index (χ0v) is 15.3. The van der Waals surface area contributed by atoms with Gasteiger partial charge in [0.2, 0.25) is 5.55 Å². The van der Waals surface area contributed by atoms with Crippen molar-refractivity contribution >= 4 is 16.2 Å². The summed E-state index contributed by atoms with van der Waals surface area (Å²) in [7, 11) is -0.0178. The molecule has 0 radical (unpaired) electrons. The van der Waals surface area contributed by atoms with E-state index in [-0.39, 0.29) is 22.6 Å². The van der Waals surface area contributed by atoms with Gasteiger partial charge in [0.05, 0.1) is 16.8 Å². The predicted molar refractivity (Wildman–Crippen MR) is 86.8 cm³/mol. The van der Waals surface area contributed by atoms with Crippen molar-refractivity contribution in [3.8, 4) is 0 Å². The fourth-order valence-corrected chi connectivity index (χ4v) is 2.54. The molecule has 21 heavy (non-hydrogen) atoms. The van der Waals surface area contributed by atoms with Crippen molar-refractivity contribution < 1.29 is 18.3 Å². The number of alkyl halides is 2. The normalized spacial score (nSPS) is 11.5. The third-order valence-electron chi connectivity index (χ3n) is 3.42. The molecule has 0 heterocycles. The largest absolute Gasteiger partial charge is 0.463 e. The Hall–Kier alpha value is -0.713. The summed E-state index contributed by atoms with van der Waals surface area (Å²) in [6.45, 7) is 3.82. The van der Waals surface area contributed by atoms with Crippen molar-refractivity contribution in [1.82, 2.24) is 0 Å². The molecular formula is C16H30F2O2Si. The summed E-state index contributed by atoms with van der Waals surface area (Å²) in [5.74, 6) is -0.349. The number of halogens is 2. The number of ether oxygens (including phenoxy) is 1. The van der Waals surface area contributed by atoms with Crippen LogP contribution < -0.4 is 0 Å². The van der Waals surface area contributed by atoms with Crippen molar-refractivity contribution in [3.05, 3.63) is 12.7 Å². The van der Waals surface area contributed by atoms with Gasteiger partial charge in [-0.3, -0.25) is 0 Å². The lowest BCUT2D eigenvalue weighted by Gasteiger charge is -2.09. The Labute approximate surface area is 130 Å². The van der Waals surface area contributed by atoms with E-state index in [2.05, 4.69) is 6.58 Å². The second-order valence-corrected chi connectivity index (χ2v) is 7.19. The molecule has 5 heteroatoms. The van der Waals surface area contributed by atoms with E-state index < -0.39 is 5.55 Å². The van der Waals surface area contributed by atoms with Crippen molar-refractivity contribution in [1.29, 1.82) is 0 Å². The van der Waals surface area contributed by atoms with Crippen LogP contribution in [0.5, 0.6) is 0 Å². The highest BCUT2D eigenvalue weighted by molar-refractivity contribution is 6.13. The van der Waals surface area contributed by atoms with Crippen LogP contribution in [0.1, 0.15) is 70.6 Å². The zero-order chi connectivity index (χ0) is 16.0. The number of unbranched alkanes of at least 4 members (excludes halogenated alkanes) is 9. The summed E-state index contributed by atoms with van der Waals surface area (Å²) in [5, 5.41) is 0. The van der Waals surface area contributed by atoms with Crippen LogP contribution in [-0.2, 0) is 9.53 Å². The zero-order valence-electron chi connectivity index (χ0n) is 13.3. The molecule has 0 rings (SSSR count). The number of hydrogen-bond donors (Lipinski definition) is 0. The molecule has 0 unspecified atom stereocenters. The van der Waals surface area contributed by atoms with Gasteiger partial charge in [-0.25, -0.2) is 13.6 Å². The smallest absolute Gasteiger partial charge is 0.330 e. The first-order valence-corrected chi connectivity index (χ1v) is 9.13. The van der Waals surface area contributed by atoms with Gasteiger partial charge in [0, 0.05) is 12.5 Å². The topological polar surface area (TPSA) is 26.3 Å². The standard InChI is InChI=1S/C16H30F2O2Si/c1-2-15(19)20-14-12-10-8-6-4-3-5-7-9-11-13-16(17,18)21/h2H,1,3-14H2,21H3. The number of hydrogen-bond acceptors (Lipinski definition) is 2. The molecule has 0 aromatic heterocycles. The van der Waals surface area contributed by atoms with Crippen molar-refractivity contribution in [2.24, 2.45) is 0 Å². The minimum absolute atomic E-state index is 0.0178. The lowest BCUT2D eigenvalue weighted by atomic mass is 10.1. The van der Waals surface area contributed by atoms with Gasteiger partial charge in [0.1, 0.15) is 0 Å². The van der Waals surface area contributed by atoms with Crippen LogP contribution in [-0.4, -0.2) is 28.4 Å². The molecule has 0 fully saturated rings. The SMILES string of the molecule is C=CC(=O)OCCCCCCCCCCCCC(F)(F)[SiH3]. The van der Waals surface area contributed by atoms with Crippen LogP contribution in [0.3, 0.4) is 0 Å². The van der Waals surface area contributed by atoms with Crippen LogP contribution in [0.15, 0.2) is 12.7 Å². The first-order chi connectivity index (χ1) is 9.95. The number of carbonyl (C=O) groups excluding carboxylic acids is 1. The maximum absolute atomic E-state index is 12.6. The molecule has 0 bridgehead atoms. The minimum atomic E-state index is -2.36. The predicted octanol–water partition coefficient (Wildman–Crippen LogP) is 3.96. The van der Waals surface area contributed by atoms with Crippen molar-refractivity contribution in [3.63, 3.8) is 0 Å². The molecule has 0 aliphatic carbocycles. The Morgan fingerprint density at radius 2 is 1.38 bits per heavy atom. The maximum atomic E-state index is 12.6. The lowest BCUT2D eigenvalue weighted by molar-refractivity contribution is -0.137. The summed E-state index contributed by atoms with van der Waals surface area (Å²) >= 11 is 0. The van der Waals surface area contributed by atoms with Gasteiger partial charge in [-0.1, -0.05) is 57.9 Å². The van der Waals surface area contributed by atoms with E-state index in [0.717, 1.165) is 32.1 Å². The van der Waals surface area contributed by atoms with E-state index in [4.69, 9.17) is 4.74 Å². The summed E-state index contributed by atoms with van der Waals surface area (Å²) in [5.41, 5.74) is -2.36. The molecule has 0 amide bonds. The maximum Gasteiger partial charge on any atom is 0.330 e. The Morgan fingerprint density at radius 3 is 1.81 bits per heavy atom. The Bertz CT molecular complexity index is 278. The van der Waals surface area contributed by atoms with Gasteiger partial charge in [-0.2, -0.15) is 0 Å². The molecule has 0 aliphatic heterocycles. The third kappa shape index (κ3) is 17.2. The van der Waals surface area contributed by atoms with Gasteiger partial charge in [-0.15, -0.1) is 0 Å². The van der Waals surface area contributed by atoms with Crippen LogP contribution in [0, 0.1) is 0 Å². The second-order valence-electron chi connectivity index (χ2n) is 5.73. The van der Waals surface area contributed by atoms with E-state index >= 15 is 0 Å². The van der Waals surface area contributed by atoms with Gasteiger partial charge in [-0.05, 0) is 12.8 Å². The van der Waals surface area contributed by atoms with E-state index in [1.807, 2.05) is 0 Å². The van der Waals surface area contributed by atoms with Crippen LogP contribution in [0.4, 0.5) is 8.78 Å². The second kappa shape index (κ2) is 13.0. The minimum Gasteiger partial charge on any atom is -0.463 e. The average molecular weight is 320 g/mol. The molecule has 2 nitrogen and oxygen atoms in total. The quantitative estimate of drug-likeness (QED) is 0.209. The molecule has 0 aromatic rings. The Balaban J connectivity index is 3.09. The monoisotopic (exact) mass is 320 g/mol. The summed E-state index contributed by atoms with van der Waals surface area (Å²) < 4.78 is 30.1. The Kier molecular flexibility index (Phi) is 12.5. The number of carbonyl (C=O) groups is 1. The van der Waals surface area contributed by atoms with Gasteiger partial charge >= 0.3 is 5.97 Å². The average Bonchev–Trinajstić information content (AvgIpc) is 2.42. The molecule has 0 saturated heterocycles. The van der Waals surface area contributed by atoms with Crippen LogP contribution in [0.25, 0.3) is 0 Å². The van der Waals surface area contributed by atoms with Crippen LogP contribution in [0.2, 0.25) is 0 Å². The Morgan fingerprint density at radius 1 is 0.952 bits per heavy atom. The first-order valence-electron chi connectivity index (χ1n) is 8.13. The molecule has 0 saturated carbocycles. The van der Waals surface area contributed by atoms with E-state index in [1.54, 1.807) is 0 Å². The first kappa shape index (κ1) is 20.3. The molecule has 124 valence electrons. The summed E-state index contributed by atoms with van der Waals surface area (Å²) in [6, 6.07) is 0. The number of rotatable bonds is 14. The highest BCUT2D eigenvalue weighted by Gasteiger charge is 2.18. The summed E-state index contributed by atoms with van der Waals surface area (Å²) in [4.78, 5) is 10.8. The van der Waals surface area contributed by atoms with Gasteiger partial charge in [0.25, 0.3) is 0 Å². The third-order valence-corrected chi connectivity index (χ3v) is 3.92. The van der Waals surface area contributed by atoms with Gasteiger partial charge in [0.15, 0.2) is 0 Å². The highest BCUT2D eigenvalue weighted by Crippen LogP contribution is 2.18. The fraction of sp³-hybridized carbons (Fsp3) is 0.812. The van der Waals surface area contributed by atoms with E-state index in [9.17, 15) is 13.6 Å². The molecule has 0 spiro atoms. The fourth-order valence-electron chi connectivity index (χ4n) is 2.18. The highest BCUT2D eigenvalue weighted by atomic mass is 28.1. The molecule has 0 N–H and O–H groups in total. The summed E-state index contributed by atoms with van der Waals surface area (Å²) in [6.07, 6.45) is 11.9. The van der Waals surface area contributed by atoms with Crippen molar-refractivity contribution in [2.45, 2.75) is 76.2 Å². The number of esters is 1. The van der Waals surface area contributed by atoms with E-state index in [0.29, 0.717) is 13.0 Å². The van der Waals surface area contributed by atoms with Gasteiger partial charge < -0.3 is 4.74 Å². The molecular weight excluding hydrogens is 290 g/mol. The molecule has 0 atom stereocenters. The molecule has 0 aromatic carbocycles. The van der Waals surface area contributed by atoms with Crippen molar-refractivity contribution in [2.75, 3.05) is 6.61 Å². The molecule has 0 aliphatic rings. The van der Waals surface area contributed by atoms with E-state index in [1.165, 1.54) is 31.8 Å².